The molecule has 0 unspecified atom stereocenters. The Morgan fingerprint density at radius 1 is 0.972 bits per heavy atom. The molecule has 4 heterocycles. The van der Waals surface area contributed by atoms with Crippen LogP contribution in [0.4, 0.5) is 11.5 Å². The summed E-state index contributed by atoms with van der Waals surface area (Å²) in [5.41, 5.74) is 5.00. The van der Waals surface area contributed by atoms with Gasteiger partial charge in [0.25, 0.3) is 5.91 Å². The molecule has 3 aliphatic rings. The topological polar surface area (TPSA) is 94.3 Å². The molecule has 8 heteroatoms. The average Bonchev–Trinajstić information content (AvgIpc) is 2.94. The fourth-order valence-corrected chi connectivity index (χ4v) is 5.53. The van der Waals surface area contributed by atoms with Crippen molar-refractivity contribution < 1.29 is 9.53 Å². The highest BCUT2D eigenvalue weighted by atomic mass is 16.5. The molecular weight excluding hydrogens is 452 g/mol. The van der Waals surface area contributed by atoms with E-state index >= 15 is 0 Å². The van der Waals surface area contributed by atoms with Gasteiger partial charge in [0.1, 0.15) is 12.1 Å². The van der Waals surface area contributed by atoms with E-state index < -0.39 is 0 Å². The number of pyridine rings is 1. The second-order valence-electron chi connectivity index (χ2n) is 9.60. The first-order valence-electron chi connectivity index (χ1n) is 12.7. The number of anilines is 2. The summed E-state index contributed by atoms with van der Waals surface area (Å²) in [4.78, 5) is 28.2. The van der Waals surface area contributed by atoms with Gasteiger partial charge in [-0.3, -0.25) is 9.69 Å². The first-order chi connectivity index (χ1) is 17.7. The van der Waals surface area contributed by atoms with Gasteiger partial charge in [-0.15, -0.1) is 0 Å². The van der Waals surface area contributed by atoms with Crippen LogP contribution >= 0.6 is 0 Å². The number of nitrogens with one attached hydrogen (secondary N) is 1. The lowest BCUT2D eigenvalue weighted by Crippen LogP contribution is -2.44. The maximum Gasteiger partial charge on any atom is 0.281 e. The molecule has 6 rings (SSSR count). The molecule has 183 valence electrons. The second kappa shape index (κ2) is 10.2. The normalized spacial score (nSPS) is 22.1. The van der Waals surface area contributed by atoms with Crippen LogP contribution in [0.5, 0.6) is 0 Å². The number of carbonyl (C=O) groups excluding carboxylic acids is 1. The molecule has 1 aliphatic carbocycles. The predicted octanol–water partition coefficient (Wildman–Crippen LogP) is 4.37. The number of hydrogen-bond donors (Lipinski definition) is 1. The van der Waals surface area contributed by atoms with Gasteiger partial charge < -0.3 is 10.1 Å². The summed E-state index contributed by atoms with van der Waals surface area (Å²) >= 11 is 0. The van der Waals surface area contributed by atoms with Gasteiger partial charge in [-0.25, -0.2) is 20.3 Å². The van der Waals surface area contributed by atoms with Crippen LogP contribution in [0.2, 0.25) is 0 Å². The van der Waals surface area contributed by atoms with Gasteiger partial charge in [-0.05, 0) is 67.0 Å². The number of ether oxygens (including phenoxy) is 1. The van der Waals surface area contributed by atoms with Crippen molar-refractivity contribution in [3.8, 4) is 11.3 Å². The van der Waals surface area contributed by atoms with Crippen molar-refractivity contribution in [3.63, 3.8) is 0 Å². The Hall–Kier alpha value is -3.62. The summed E-state index contributed by atoms with van der Waals surface area (Å²) in [7, 11) is 0. The van der Waals surface area contributed by atoms with Crippen LogP contribution in [0.1, 0.15) is 53.1 Å². The summed E-state index contributed by atoms with van der Waals surface area (Å²) in [6, 6.07) is 11.1. The van der Waals surface area contributed by atoms with E-state index in [-0.39, 0.29) is 5.91 Å². The highest BCUT2D eigenvalue weighted by Crippen LogP contribution is 2.36. The third-order valence-corrected chi connectivity index (χ3v) is 7.47. The number of amides is 1. The van der Waals surface area contributed by atoms with Crippen molar-refractivity contribution in [2.45, 2.75) is 37.6 Å². The number of aromatic nitrogens is 3. The standard InChI is InChI=1S/C28H29N6O2/c35-28-26-21(9-10-31-28)15-25(22-16-29-18-30-17-22)33-27(26)32-23-5-1-19(2-6-23)20-3-7-24(8-4-20)34-11-13-36-14-12-34/h1-2,5-6,9-10,15-18,20,24H,3-4,7-8,11-14H2,(H,32,33). The molecule has 2 aromatic heterocycles. The van der Waals surface area contributed by atoms with Gasteiger partial charge in [-0.1, -0.05) is 12.1 Å². The first kappa shape index (κ1) is 22.8. The molecule has 0 spiro atoms. The lowest BCUT2D eigenvalue weighted by Gasteiger charge is -2.38. The van der Waals surface area contributed by atoms with Crippen molar-refractivity contribution in [2.75, 3.05) is 31.6 Å². The second-order valence-corrected chi connectivity index (χ2v) is 9.60. The Morgan fingerprint density at radius 3 is 2.47 bits per heavy atom. The molecule has 36 heavy (non-hydrogen) atoms. The molecule has 1 amide bonds. The number of fused-ring (bicyclic) bond motifs is 1. The lowest BCUT2D eigenvalue weighted by atomic mass is 9.81. The van der Waals surface area contributed by atoms with E-state index in [2.05, 4.69) is 49.8 Å². The van der Waals surface area contributed by atoms with Gasteiger partial charge >= 0.3 is 0 Å². The van der Waals surface area contributed by atoms with E-state index in [1.54, 1.807) is 12.4 Å². The van der Waals surface area contributed by atoms with Gasteiger partial charge in [0.15, 0.2) is 0 Å². The zero-order valence-electron chi connectivity index (χ0n) is 20.1. The van der Waals surface area contributed by atoms with Crippen molar-refractivity contribution in [1.29, 1.82) is 0 Å². The van der Waals surface area contributed by atoms with Crippen LogP contribution in [-0.4, -0.2) is 58.1 Å². The summed E-state index contributed by atoms with van der Waals surface area (Å²) < 4.78 is 5.52. The molecule has 2 aliphatic heterocycles. The first-order valence-corrected chi connectivity index (χ1v) is 12.7. The SMILES string of the molecule is O=C1[N]C=Cc2cc(-c3cncnc3)nc(Nc3ccc(C4CCC(N5CCOCC5)CC4)cc3)c21. The number of hydrogen-bond acceptors (Lipinski definition) is 7. The van der Waals surface area contributed by atoms with Crippen molar-refractivity contribution in [1.82, 2.24) is 25.2 Å². The zero-order valence-corrected chi connectivity index (χ0v) is 20.1. The monoisotopic (exact) mass is 481 g/mol. The number of nitrogens with zero attached hydrogens (tertiary/aromatic N) is 5. The maximum atomic E-state index is 12.6. The third-order valence-electron chi connectivity index (χ3n) is 7.47. The number of morpholine rings is 1. The quantitative estimate of drug-likeness (QED) is 0.578. The van der Waals surface area contributed by atoms with Crippen molar-refractivity contribution in [3.05, 3.63) is 71.9 Å². The van der Waals surface area contributed by atoms with E-state index in [1.807, 2.05) is 12.1 Å². The minimum atomic E-state index is -0.299. The van der Waals surface area contributed by atoms with Crippen LogP contribution in [0.25, 0.3) is 17.3 Å². The van der Waals surface area contributed by atoms with Gasteiger partial charge in [0.2, 0.25) is 0 Å². The van der Waals surface area contributed by atoms with Crippen LogP contribution in [0, 0.1) is 0 Å². The van der Waals surface area contributed by atoms with Gasteiger partial charge in [0, 0.05) is 49.0 Å². The average molecular weight is 482 g/mol. The smallest absolute Gasteiger partial charge is 0.281 e. The Bertz CT molecular complexity index is 1250. The molecule has 8 nitrogen and oxygen atoms in total. The Balaban J connectivity index is 1.19. The van der Waals surface area contributed by atoms with E-state index in [9.17, 15) is 4.79 Å². The van der Waals surface area contributed by atoms with Crippen LogP contribution in [-0.2, 0) is 4.74 Å². The molecule has 0 atom stereocenters. The number of carbonyl (C=O) groups is 1. The van der Waals surface area contributed by atoms with Gasteiger partial charge in [0.05, 0.1) is 24.5 Å². The summed E-state index contributed by atoms with van der Waals surface area (Å²) in [6.07, 6.45) is 13.2. The fourth-order valence-electron chi connectivity index (χ4n) is 5.53. The van der Waals surface area contributed by atoms with Crippen molar-refractivity contribution in [2.24, 2.45) is 0 Å². The molecule has 1 saturated heterocycles. The fraction of sp³-hybridized carbons (Fsp3) is 0.357. The largest absolute Gasteiger partial charge is 0.379 e. The summed E-state index contributed by atoms with van der Waals surface area (Å²) in [5, 5.41) is 7.32. The number of rotatable bonds is 5. The van der Waals surface area contributed by atoms with E-state index in [0.717, 1.165) is 43.1 Å². The third kappa shape index (κ3) is 4.74. The molecule has 1 saturated carbocycles. The summed E-state index contributed by atoms with van der Waals surface area (Å²) in [5.74, 6) is 0.782. The maximum absolute atomic E-state index is 12.6. The van der Waals surface area contributed by atoms with Crippen LogP contribution < -0.4 is 10.6 Å². The van der Waals surface area contributed by atoms with E-state index in [4.69, 9.17) is 9.72 Å². The lowest BCUT2D eigenvalue weighted by molar-refractivity contribution is 0.00730. The zero-order chi connectivity index (χ0) is 24.3. The highest BCUT2D eigenvalue weighted by molar-refractivity contribution is 6.05. The van der Waals surface area contributed by atoms with E-state index in [1.165, 1.54) is 43.8 Å². The molecule has 0 bridgehead atoms. The van der Waals surface area contributed by atoms with Crippen LogP contribution in [0.3, 0.4) is 0 Å². The summed E-state index contributed by atoms with van der Waals surface area (Å²) in [6.45, 7) is 3.87. The van der Waals surface area contributed by atoms with E-state index in [0.29, 0.717) is 29.0 Å². The molecule has 1 N–H and O–H groups in total. The number of benzene rings is 1. The predicted molar refractivity (Wildman–Crippen MR) is 138 cm³/mol. The van der Waals surface area contributed by atoms with Crippen molar-refractivity contribution >= 4 is 23.5 Å². The highest BCUT2D eigenvalue weighted by Gasteiger charge is 2.28. The Labute approximate surface area is 210 Å². The molecule has 1 radical (unpaired) electrons. The molecule has 1 aromatic carbocycles. The Kier molecular flexibility index (Phi) is 6.44. The van der Waals surface area contributed by atoms with Crippen LogP contribution in [0.15, 0.2) is 55.3 Å². The molecular formula is C28H29N6O2. The molecule has 2 fully saturated rings. The Morgan fingerprint density at radius 2 is 1.72 bits per heavy atom. The minimum absolute atomic E-state index is 0.299. The minimum Gasteiger partial charge on any atom is -0.379 e. The van der Waals surface area contributed by atoms with Gasteiger partial charge in [-0.2, -0.15) is 0 Å². The molecule has 3 aromatic rings.